The van der Waals surface area contributed by atoms with E-state index in [0.29, 0.717) is 37.8 Å². The number of carboxylic acid groups (broad SMARTS) is 1. The number of fused-ring (bicyclic) bond motifs is 1. The van der Waals surface area contributed by atoms with Gasteiger partial charge < -0.3 is 20.0 Å². The van der Waals surface area contributed by atoms with Crippen LogP contribution in [0.4, 0.5) is 32.3 Å². The fourth-order valence-corrected chi connectivity index (χ4v) is 3.37. The molecule has 0 radical (unpaired) electrons. The summed E-state index contributed by atoms with van der Waals surface area (Å²) in [4.78, 5) is 29.2. The minimum Gasteiger partial charge on any atom is -0.542 e. The highest BCUT2D eigenvalue weighted by Gasteiger charge is 2.46. The molecule has 1 saturated heterocycles. The molecule has 3 aromatic rings. The first-order valence-electron chi connectivity index (χ1n) is 10.4. The number of pyridine rings is 2. The quantitative estimate of drug-likeness (QED) is 0.389. The van der Waals surface area contributed by atoms with Crippen LogP contribution in [0.5, 0.6) is 0 Å². The number of aromatic nitrogens is 3. The number of morpholine rings is 1. The van der Waals surface area contributed by atoms with Gasteiger partial charge in [-0.25, -0.2) is 14.4 Å². The van der Waals surface area contributed by atoms with E-state index in [9.17, 15) is 31.1 Å². The SMILES string of the molecule is O=C(NC(c1cccc[nH+]1)C(F)(F)F)c1[nH]c(N2CCOCC2)[n+]2ccccc12.O=C([O-])C(F)(F)F. The number of alkyl halides is 6. The van der Waals surface area contributed by atoms with Crippen molar-refractivity contribution in [3.8, 4) is 0 Å². The van der Waals surface area contributed by atoms with Gasteiger partial charge >= 0.3 is 18.3 Å². The molecule has 36 heavy (non-hydrogen) atoms. The van der Waals surface area contributed by atoms with E-state index < -0.39 is 30.3 Å². The number of H-pyrrole nitrogens is 2. The Labute approximate surface area is 199 Å². The van der Waals surface area contributed by atoms with E-state index in [1.54, 1.807) is 34.9 Å². The topological polar surface area (TPSA) is 116 Å². The highest BCUT2D eigenvalue weighted by atomic mass is 19.4. The van der Waals surface area contributed by atoms with Crippen LogP contribution in [0.15, 0.2) is 48.8 Å². The summed E-state index contributed by atoms with van der Waals surface area (Å²) in [5.74, 6) is -3.22. The zero-order valence-corrected chi connectivity index (χ0v) is 18.3. The molecule has 0 aromatic carbocycles. The van der Waals surface area contributed by atoms with Crippen molar-refractivity contribution in [2.75, 3.05) is 31.2 Å². The third kappa shape index (κ3) is 6.41. The highest BCUT2D eigenvalue weighted by Crippen LogP contribution is 2.31. The lowest BCUT2D eigenvalue weighted by molar-refractivity contribution is -0.497. The number of imidazole rings is 1. The van der Waals surface area contributed by atoms with Gasteiger partial charge in [0.05, 0.1) is 32.5 Å². The smallest absolute Gasteiger partial charge is 0.430 e. The Kier molecular flexibility index (Phi) is 8.02. The Morgan fingerprint density at radius 2 is 1.72 bits per heavy atom. The van der Waals surface area contributed by atoms with E-state index in [-0.39, 0.29) is 11.4 Å². The molecule has 1 atom stereocenters. The number of aliphatic carboxylic acids is 1. The molecule has 3 N–H and O–H groups in total. The summed E-state index contributed by atoms with van der Waals surface area (Å²) in [6.45, 7) is 2.30. The van der Waals surface area contributed by atoms with Gasteiger partial charge in [-0.15, -0.1) is 0 Å². The summed E-state index contributed by atoms with van der Waals surface area (Å²) in [7, 11) is 0. The van der Waals surface area contributed by atoms with Gasteiger partial charge in [0.15, 0.2) is 11.7 Å². The minimum atomic E-state index is -5.19. The number of hydrogen-bond donors (Lipinski definition) is 2. The van der Waals surface area contributed by atoms with Crippen LogP contribution < -0.4 is 24.7 Å². The van der Waals surface area contributed by atoms with Gasteiger partial charge in [-0.3, -0.25) is 9.69 Å². The molecule has 1 amide bonds. The molecular weight excluding hydrogens is 500 g/mol. The summed E-state index contributed by atoms with van der Waals surface area (Å²) >= 11 is 0. The number of carboxylic acids is 1. The lowest BCUT2D eigenvalue weighted by atomic mass is 10.1. The molecule has 0 spiro atoms. The molecule has 1 aliphatic heterocycles. The van der Waals surface area contributed by atoms with Crippen molar-refractivity contribution in [3.05, 3.63) is 60.2 Å². The second-order valence-corrected chi connectivity index (χ2v) is 7.43. The summed E-state index contributed by atoms with van der Waals surface area (Å²) < 4.78 is 79.5. The molecule has 4 heterocycles. The van der Waals surface area contributed by atoms with E-state index in [1.165, 1.54) is 18.3 Å². The van der Waals surface area contributed by atoms with Crippen LogP contribution in [0.1, 0.15) is 22.2 Å². The Morgan fingerprint density at radius 1 is 1.08 bits per heavy atom. The molecule has 0 aliphatic carbocycles. The Balaban J connectivity index is 0.000000454. The maximum atomic E-state index is 13.6. The van der Waals surface area contributed by atoms with Crippen LogP contribution in [0.3, 0.4) is 0 Å². The van der Waals surface area contributed by atoms with Crippen molar-refractivity contribution in [2.24, 2.45) is 0 Å². The fraction of sp³-hybridized carbons (Fsp3) is 0.333. The fourth-order valence-electron chi connectivity index (χ4n) is 3.37. The second kappa shape index (κ2) is 10.8. The maximum Gasteiger partial charge on any atom is 0.430 e. The third-order valence-electron chi connectivity index (χ3n) is 5.00. The lowest BCUT2D eigenvalue weighted by Crippen LogP contribution is -2.41. The average molecular weight is 520 g/mol. The first-order chi connectivity index (χ1) is 16.9. The predicted octanol–water partition coefficient (Wildman–Crippen LogP) is 0.736. The van der Waals surface area contributed by atoms with Gasteiger partial charge in [0.2, 0.25) is 17.4 Å². The van der Waals surface area contributed by atoms with Crippen molar-refractivity contribution in [1.82, 2.24) is 10.3 Å². The van der Waals surface area contributed by atoms with Gasteiger partial charge in [0.1, 0.15) is 5.97 Å². The van der Waals surface area contributed by atoms with E-state index in [0.717, 1.165) is 0 Å². The number of nitrogens with one attached hydrogen (secondary N) is 3. The van der Waals surface area contributed by atoms with Crippen LogP contribution in [0.25, 0.3) is 5.52 Å². The van der Waals surface area contributed by atoms with Crippen molar-refractivity contribution >= 4 is 23.3 Å². The van der Waals surface area contributed by atoms with E-state index in [4.69, 9.17) is 14.6 Å². The van der Waals surface area contributed by atoms with Gasteiger partial charge in [0.25, 0.3) is 5.91 Å². The number of halogens is 6. The van der Waals surface area contributed by atoms with Crippen molar-refractivity contribution in [2.45, 2.75) is 18.4 Å². The number of nitrogens with zero attached hydrogens (tertiary/aromatic N) is 2. The van der Waals surface area contributed by atoms with Crippen LogP contribution >= 0.6 is 0 Å². The summed E-state index contributed by atoms with van der Waals surface area (Å²) in [5.41, 5.74) is 0.409. The Hall–Kier alpha value is -3.88. The van der Waals surface area contributed by atoms with E-state index >= 15 is 0 Å². The molecule has 1 unspecified atom stereocenters. The molecule has 9 nitrogen and oxygen atoms in total. The number of hydrogen-bond acceptors (Lipinski definition) is 5. The first kappa shape index (κ1) is 26.7. The van der Waals surface area contributed by atoms with Crippen LogP contribution in [-0.2, 0) is 9.53 Å². The number of carbonyl (C=O) groups is 2. The standard InChI is InChI=1S/C19H18F3N5O2.C2HF3O2/c20-19(21,22)16(13-5-1-3-7-23-13)25-17(28)15-14-6-2-4-8-27(14)18(24-15)26-9-11-29-12-10-26;3-2(4,5)1(6)7/h1-8,16H,9-12H2,(H,25,28);(H,6,7)/p+1. The number of anilines is 1. The average Bonchev–Trinajstić information content (AvgIpc) is 3.22. The number of amides is 1. The minimum absolute atomic E-state index is 0.0669. The third-order valence-corrected chi connectivity index (χ3v) is 5.00. The predicted molar refractivity (Wildman–Crippen MR) is 107 cm³/mol. The molecule has 194 valence electrons. The van der Waals surface area contributed by atoms with Crippen LogP contribution in [-0.4, -0.2) is 55.5 Å². The van der Waals surface area contributed by atoms with Crippen molar-refractivity contribution in [3.63, 3.8) is 0 Å². The van der Waals surface area contributed by atoms with Crippen molar-refractivity contribution < 1.29 is 55.2 Å². The largest absolute Gasteiger partial charge is 0.542 e. The molecule has 0 saturated carbocycles. The number of ether oxygens (including phenoxy) is 1. The molecular formula is C21H20F6N5O4+. The number of aromatic amines is 2. The number of carbonyl (C=O) groups excluding carboxylic acids is 2. The van der Waals surface area contributed by atoms with Crippen LogP contribution in [0.2, 0.25) is 0 Å². The summed E-state index contributed by atoms with van der Waals surface area (Å²) in [6.07, 6.45) is -6.70. The molecule has 15 heteroatoms. The summed E-state index contributed by atoms with van der Waals surface area (Å²) in [6, 6.07) is 7.40. The Bertz CT molecular complexity index is 1190. The van der Waals surface area contributed by atoms with E-state index in [2.05, 4.69) is 15.3 Å². The molecule has 1 aliphatic rings. The normalized spacial score (nSPS) is 15.1. The number of rotatable bonds is 4. The molecule has 1 fully saturated rings. The van der Waals surface area contributed by atoms with Gasteiger partial charge in [-0.05, 0) is 12.1 Å². The summed E-state index contributed by atoms with van der Waals surface area (Å²) in [5, 5.41) is 10.9. The van der Waals surface area contributed by atoms with Crippen LogP contribution in [0, 0.1) is 0 Å². The van der Waals surface area contributed by atoms with Gasteiger partial charge in [0, 0.05) is 12.1 Å². The van der Waals surface area contributed by atoms with Gasteiger partial charge in [-0.2, -0.15) is 26.3 Å². The second-order valence-electron chi connectivity index (χ2n) is 7.43. The molecule has 4 rings (SSSR count). The zero-order valence-electron chi connectivity index (χ0n) is 18.3. The Morgan fingerprint density at radius 3 is 2.28 bits per heavy atom. The van der Waals surface area contributed by atoms with Crippen molar-refractivity contribution in [1.29, 1.82) is 0 Å². The highest BCUT2D eigenvalue weighted by molar-refractivity contribution is 5.98. The zero-order chi connectivity index (χ0) is 26.5. The molecule has 3 aromatic heterocycles. The lowest BCUT2D eigenvalue weighted by Gasteiger charge is -2.21. The maximum absolute atomic E-state index is 13.6. The van der Waals surface area contributed by atoms with Gasteiger partial charge in [-0.1, -0.05) is 12.1 Å². The monoisotopic (exact) mass is 520 g/mol. The molecule has 0 bridgehead atoms. The first-order valence-corrected chi connectivity index (χ1v) is 10.4. The van der Waals surface area contributed by atoms with E-state index in [1.807, 2.05) is 4.90 Å².